The Balaban J connectivity index is 1.24. The van der Waals surface area contributed by atoms with E-state index in [4.69, 9.17) is 61.6 Å². The zero-order valence-electron chi connectivity index (χ0n) is 44.2. The van der Waals surface area contributed by atoms with Gasteiger partial charge in [-0.05, 0) is 20.8 Å². The van der Waals surface area contributed by atoms with Gasteiger partial charge in [0.1, 0.15) is 152 Å². The second-order valence-corrected chi connectivity index (χ2v) is 21.0. The smallest absolute Gasteiger partial charge is 0.217 e. The monoisotopic (exact) mass is 1190 g/mol. The summed E-state index contributed by atoms with van der Waals surface area (Å²) in [6, 6.07) is -3.58. The predicted octanol–water partition coefficient (Wildman–Crippen LogP) is -12.9. The fraction of sp³-hybridized carbons (Fsp3) is 0.957. The second kappa shape index (κ2) is 28.0. The van der Waals surface area contributed by atoms with Crippen LogP contribution in [0.25, 0.3) is 0 Å². The second-order valence-electron chi connectivity index (χ2n) is 21.0. The molecule has 35 heteroatoms. The summed E-state index contributed by atoms with van der Waals surface area (Å²) in [6.07, 6.45) is -61.9. The average Bonchev–Trinajstić information content (AvgIpc) is 3.56. The predicted molar refractivity (Wildman–Crippen MR) is 251 cm³/mol. The quantitative estimate of drug-likeness (QED) is 0.0606. The minimum Gasteiger partial charge on any atom is -0.394 e. The Morgan fingerprint density at radius 2 is 0.654 bits per heavy atom. The molecule has 470 valence electrons. The van der Waals surface area contributed by atoms with Gasteiger partial charge in [-0.2, -0.15) is 0 Å². The molecule has 7 aliphatic heterocycles. The molecule has 2 amide bonds. The number of hydrogen-bond donors (Lipinski definition) is 20. The van der Waals surface area contributed by atoms with Gasteiger partial charge >= 0.3 is 0 Å². The average molecular weight is 1190 g/mol. The van der Waals surface area contributed by atoms with Crippen molar-refractivity contribution in [3.8, 4) is 0 Å². The molecule has 7 saturated heterocycles. The van der Waals surface area contributed by atoms with Gasteiger partial charge in [-0.1, -0.05) is 0 Å². The largest absolute Gasteiger partial charge is 0.394 e. The number of nitrogens with one attached hydrogen (secondary N) is 2. The van der Waals surface area contributed by atoms with Crippen LogP contribution in [0, 0.1) is 0 Å². The van der Waals surface area contributed by atoms with Crippen molar-refractivity contribution in [3.63, 3.8) is 0 Å². The molecule has 7 heterocycles. The van der Waals surface area contributed by atoms with Crippen LogP contribution >= 0.6 is 0 Å². The molecule has 7 aliphatic rings. The Labute approximate surface area is 460 Å². The van der Waals surface area contributed by atoms with Crippen LogP contribution in [-0.2, 0) is 71.2 Å². The molecule has 1 unspecified atom stereocenters. The third-order valence-corrected chi connectivity index (χ3v) is 15.2. The SMILES string of the molecule is CC(=O)N[C@H]1[C@H](O[C@H]2[C@@H](O)[C@@H](CO)O[C@@H](O[C@H]3[C@H](O[C@@H]4O[C@@H](C)[C@@H](O)[C@@H](O)[C@@H]4O)[C@@H](NC(C)=O)C(O)O[C@@H]3CO)[C@@H]2O)O[C@H](CO)[C@@H](O[C@@H]2O[C@H](CO)[C@H](O)[C@H](O)[C@H]2O[C@@H]2O[C@@H](C)[C@@H](O)[C@@H](O)[C@@H]2O)[C@@H]1O[C@@H]1O[C@@H](C)[C@@H](O)[C@@H](O)[C@@H]1O. The summed E-state index contributed by atoms with van der Waals surface area (Å²) in [5.74, 6) is -1.72. The number of carbonyl (C=O) groups excluding carboxylic acids is 2. The Bertz CT molecular complexity index is 2010. The first kappa shape index (κ1) is 66.2. The van der Waals surface area contributed by atoms with Crippen molar-refractivity contribution < 1.29 is 163 Å². The van der Waals surface area contributed by atoms with Crippen molar-refractivity contribution in [3.05, 3.63) is 0 Å². The van der Waals surface area contributed by atoms with E-state index in [1.807, 2.05) is 0 Å². The number of hydrogen-bond acceptors (Lipinski definition) is 33. The van der Waals surface area contributed by atoms with Crippen LogP contribution in [0.2, 0.25) is 0 Å². The summed E-state index contributed by atoms with van der Waals surface area (Å²) < 4.78 is 77.2. The first-order valence-corrected chi connectivity index (χ1v) is 26.2. The van der Waals surface area contributed by atoms with Crippen LogP contribution < -0.4 is 10.6 Å². The molecule has 35 atom stereocenters. The Morgan fingerprint density at radius 1 is 0.321 bits per heavy atom. The van der Waals surface area contributed by atoms with Crippen molar-refractivity contribution >= 4 is 11.8 Å². The molecule has 0 aromatic heterocycles. The molecule has 0 bridgehead atoms. The van der Waals surface area contributed by atoms with Crippen LogP contribution in [0.4, 0.5) is 0 Å². The number of amides is 2. The molecule has 0 spiro atoms. The van der Waals surface area contributed by atoms with Gasteiger partial charge < -0.3 is 164 Å². The van der Waals surface area contributed by atoms with E-state index in [1.54, 1.807) is 0 Å². The van der Waals surface area contributed by atoms with E-state index < -0.39 is 253 Å². The lowest BCUT2D eigenvalue weighted by atomic mass is 9.93. The van der Waals surface area contributed by atoms with Gasteiger partial charge in [0, 0.05) is 13.8 Å². The molecule has 20 N–H and O–H groups in total. The van der Waals surface area contributed by atoms with Crippen LogP contribution in [0.3, 0.4) is 0 Å². The molecule has 0 saturated carbocycles. The van der Waals surface area contributed by atoms with Crippen molar-refractivity contribution in [2.75, 3.05) is 26.4 Å². The molecule has 7 rings (SSSR count). The van der Waals surface area contributed by atoms with Gasteiger partial charge in [-0.25, -0.2) is 0 Å². The molecular formula is C46H78N2O33. The van der Waals surface area contributed by atoms with E-state index in [0.29, 0.717) is 0 Å². The Hall–Kier alpha value is -2.30. The lowest BCUT2D eigenvalue weighted by Gasteiger charge is -2.52. The molecule has 0 aliphatic carbocycles. The van der Waals surface area contributed by atoms with Gasteiger partial charge in [-0.15, -0.1) is 0 Å². The summed E-state index contributed by atoms with van der Waals surface area (Å²) in [7, 11) is 0. The molecule has 0 aromatic rings. The highest BCUT2D eigenvalue weighted by atomic mass is 16.8. The third kappa shape index (κ3) is 14.1. The van der Waals surface area contributed by atoms with E-state index in [1.165, 1.54) is 20.8 Å². The number of aliphatic hydroxyl groups is 18. The first-order chi connectivity index (χ1) is 38.2. The molecule has 0 aromatic carbocycles. The molecular weight excluding hydrogens is 1110 g/mol. The van der Waals surface area contributed by atoms with E-state index in [9.17, 15) is 102 Å². The lowest BCUT2D eigenvalue weighted by Crippen LogP contribution is -2.72. The third-order valence-electron chi connectivity index (χ3n) is 15.2. The summed E-state index contributed by atoms with van der Waals surface area (Å²) in [5.41, 5.74) is 0. The zero-order chi connectivity index (χ0) is 59.8. The highest BCUT2D eigenvalue weighted by Crippen LogP contribution is 2.39. The Morgan fingerprint density at radius 3 is 1.10 bits per heavy atom. The van der Waals surface area contributed by atoms with Crippen LogP contribution in [0.1, 0.15) is 34.6 Å². The molecule has 0 radical (unpaired) electrons. The first-order valence-electron chi connectivity index (χ1n) is 26.2. The van der Waals surface area contributed by atoms with E-state index >= 15 is 0 Å². The maximum Gasteiger partial charge on any atom is 0.217 e. The highest BCUT2D eigenvalue weighted by molar-refractivity contribution is 5.73. The van der Waals surface area contributed by atoms with Gasteiger partial charge in [0.15, 0.2) is 44.0 Å². The fourth-order valence-corrected chi connectivity index (χ4v) is 10.6. The Kier molecular flexibility index (Phi) is 22.9. The summed E-state index contributed by atoms with van der Waals surface area (Å²) in [6.45, 7) is 1.71. The van der Waals surface area contributed by atoms with Crippen LogP contribution in [-0.4, -0.2) is 345 Å². The number of aliphatic hydroxyl groups excluding tert-OH is 18. The number of ether oxygens (including phenoxy) is 13. The summed E-state index contributed by atoms with van der Waals surface area (Å²) in [5, 5.41) is 201. The van der Waals surface area contributed by atoms with E-state index in [-0.39, 0.29) is 0 Å². The topological polar surface area (TPSA) is 542 Å². The van der Waals surface area contributed by atoms with E-state index in [0.717, 1.165) is 13.8 Å². The van der Waals surface area contributed by atoms with E-state index in [2.05, 4.69) is 10.6 Å². The maximum absolute atomic E-state index is 13.3. The zero-order valence-corrected chi connectivity index (χ0v) is 44.2. The van der Waals surface area contributed by atoms with Crippen molar-refractivity contribution in [1.29, 1.82) is 0 Å². The normalized spacial score (nSPS) is 51.8. The van der Waals surface area contributed by atoms with Crippen LogP contribution in [0.5, 0.6) is 0 Å². The highest BCUT2D eigenvalue weighted by Gasteiger charge is 2.60. The lowest BCUT2D eigenvalue weighted by molar-refractivity contribution is -0.401. The van der Waals surface area contributed by atoms with Gasteiger partial charge in [0.2, 0.25) is 11.8 Å². The van der Waals surface area contributed by atoms with Crippen molar-refractivity contribution in [1.82, 2.24) is 10.6 Å². The van der Waals surface area contributed by atoms with Crippen molar-refractivity contribution in [2.45, 2.75) is 249 Å². The maximum atomic E-state index is 13.3. The van der Waals surface area contributed by atoms with Gasteiger partial charge in [0.05, 0.1) is 44.7 Å². The minimum atomic E-state index is -2.30. The number of carbonyl (C=O) groups is 2. The standard InChI is InChI=1S/C46H78N2O33/c1-10-21(55)26(60)30(64)42(69-10)78-36-19(47-13(4)53)40(68)72-17(8-51)34(36)76-45-33(67)38(25(59)16(7-50)73-45)80-41-20(48-14(5)54)37(79-43-31(65)27(61)22(56)11(2)70-43)35(18(9-52)75-41)77-46-39(29(63)24(58)15(6-49)74-46)81-44-32(66)28(62)23(57)12(3)71-44/h10-12,15-46,49-52,55-68H,6-9H2,1-5H3,(H,47,53)(H,48,54)/t10-,11-,12-,15+,16+,17+,18+,19+,20+,21+,22+,23+,24-,25-,26+,27+,28+,29-,30-,31-,32-,33+,34+,35+,36+,37+,38-,39+,40?,41-,42-,43-,44-,45-,46-/m0/s1. The summed E-state index contributed by atoms with van der Waals surface area (Å²) >= 11 is 0. The molecule has 35 nitrogen and oxygen atoms in total. The molecule has 7 fully saturated rings. The van der Waals surface area contributed by atoms with Gasteiger partial charge in [-0.3, -0.25) is 9.59 Å². The van der Waals surface area contributed by atoms with Crippen molar-refractivity contribution in [2.24, 2.45) is 0 Å². The van der Waals surface area contributed by atoms with Crippen LogP contribution in [0.15, 0.2) is 0 Å². The minimum absolute atomic E-state index is 0.793. The number of rotatable bonds is 18. The molecule has 81 heavy (non-hydrogen) atoms. The summed E-state index contributed by atoms with van der Waals surface area (Å²) in [4.78, 5) is 25.8. The van der Waals surface area contributed by atoms with Gasteiger partial charge in [0.25, 0.3) is 0 Å². The fourth-order valence-electron chi connectivity index (χ4n) is 10.6.